The van der Waals surface area contributed by atoms with Gasteiger partial charge in [-0.1, -0.05) is 24.3 Å². The van der Waals surface area contributed by atoms with Crippen molar-refractivity contribution in [3.8, 4) is 11.5 Å². The fourth-order valence-electron chi connectivity index (χ4n) is 4.16. The molecular weight excluding hydrogens is 510 g/mol. The minimum absolute atomic E-state index is 0.357. The smallest absolute Gasteiger partial charge is 0.491 e. The summed E-state index contributed by atoms with van der Waals surface area (Å²) in [5.74, 6) is 1.56. The Hall–Kier alpha value is -2.07. The van der Waals surface area contributed by atoms with Crippen LogP contribution in [0.15, 0.2) is 48.5 Å². The third-order valence-electron chi connectivity index (χ3n) is 8.18. The SMILES string of the molecule is CC1(C)OB(c2ccc(OCCOCCOCCOc3ccc(B4OC(C)(C)C(C)(C)O4)cc3)cc2)OC1(C)C. The van der Waals surface area contributed by atoms with Gasteiger partial charge in [-0.3, -0.25) is 0 Å². The van der Waals surface area contributed by atoms with Crippen LogP contribution in [0.2, 0.25) is 0 Å². The quantitative estimate of drug-likeness (QED) is 0.274. The molecule has 2 aliphatic rings. The van der Waals surface area contributed by atoms with E-state index in [1.807, 2.05) is 104 Å². The van der Waals surface area contributed by atoms with Crippen molar-refractivity contribution in [3.05, 3.63) is 48.5 Å². The maximum absolute atomic E-state index is 6.09. The van der Waals surface area contributed by atoms with Crippen molar-refractivity contribution in [2.24, 2.45) is 0 Å². The van der Waals surface area contributed by atoms with Crippen LogP contribution in [0.5, 0.6) is 11.5 Å². The lowest BCUT2D eigenvalue weighted by Crippen LogP contribution is -2.41. The number of ether oxygens (including phenoxy) is 4. The van der Waals surface area contributed by atoms with Crippen LogP contribution in [0.3, 0.4) is 0 Å². The molecule has 10 heteroatoms. The summed E-state index contributed by atoms with van der Waals surface area (Å²) in [6.45, 7) is 19.3. The Balaban J connectivity index is 1.03. The lowest BCUT2D eigenvalue weighted by atomic mass is 9.79. The van der Waals surface area contributed by atoms with Gasteiger partial charge < -0.3 is 37.6 Å². The van der Waals surface area contributed by atoms with Gasteiger partial charge in [-0.15, -0.1) is 0 Å². The molecule has 0 N–H and O–H groups in total. The molecule has 2 heterocycles. The van der Waals surface area contributed by atoms with Gasteiger partial charge in [0.15, 0.2) is 0 Å². The van der Waals surface area contributed by atoms with Crippen molar-refractivity contribution in [2.45, 2.75) is 77.8 Å². The molecular formula is C30H44B2O8. The van der Waals surface area contributed by atoms with Gasteiger partial charge in [-0.05, 0) is 90.6 Å². The highest BCUT2D eigenvalue weighted by molar-refractivity contribution is 6.62. The van der Waals surface area contributed by atoms with E-state index < -0.39 is 0 Å². The van der Waals surface area contributed by atoms with E-state index >= 15 is 0 Å². The van der Waals surface area contributed by atoms with Crippen LogP contribution in [0.25, 0.3) is 0 Å². The molecule has 0 saturated carbocycles. The first-order valence-corrected chi connectivity index (χ1v) is 14.1. The Morgan fingerprint density at radius 3 is 1.02 bits per heavy atom. The van der Waals surface area contributed by atoms with Crippen molar-refractivity contribution < 1.29 is 37.6 Å². The number of rotatable bonds is 13. The van der Waals surface area contributed by atoms with E-state index in [9.17, 15) is 0 Å². The number of hydrogen-bond donors (Lipinski definition) is 0. The predicted molar refractivity (Wildman–Crippen MR) is 157 cm³/mol. The van der Waals surface area contributed by atoms with Crippen LogP contribution < -0.4 is 20.4 Å². The fraction of sp³-hybridized carbons (Fsp3) is 0.600. The molecule has 218 valence electrons. The molecule has 0 bridgehead atoms. The second-order valence-corrected chi connectivity index (χ2v) is 12.2. The van der Waals surface area contributed by atoms with Crippen LogP contribution in [0.1, 0.15) is 55.4 Å². The van der Waals surface area contributed by atoms with Gasteiger partial charge in [0.05, 0.1) is 48.8 Å². The maximum atomic E-state index is 6.09. The summed E-state index contributed by atoms with van der Waals surface area (Å²) >= 11 is 0. The topological polar surface area (TPSA) is 73.8 Å². The van der Waals surface area contributed by atoms with Crippen molar-refractivity contribution in [3.63, 3.8) is 0 Å². The van der Waals surface area contributed by atoms with E-state index in [-0.39, 0.29) is 36.6 Å². The van der Waals surface area contributed by atoms with E-state index in [0.29, 0.717) is 39.6 Å². The predicted octanol–water partition coefficient (Wildman–Crippen LogP) is 3.78. The first-order valence-electron chi connectivity index (χ1n) is 14.1. The standard InChI is InChI=1S/C30H44B2O8/c1-27(2)28(3,4)38-31(37-27)23-9-13-25(14-10-23)35-21-19-33-17-18-34-20-22-36-26-15-11-24(12-16-26)32-39-29(5,6)30(7,8)40-32/h9-16H,17-22H2,1-8H3. The average Bonchev–Trinajstić information content (AvgIpc) is 3.25. The Kier molecular flexibility index (Phi) is 9.60. The van der Waals surface area contributed by atoms with Gasteiger partial charge in [-0.2, -0.15) is 0 Å². The molecule has 8 nitrogen and oxygen atoms in total. The molecule has 0 atom stereocenters. The maximum Gasteiger partial charge on any atom is 0.494 e. The van der Waals surface area contributed by atoms with E-state index in [1.54, 1.807) is 0 Å². The Labute approximate surface area is 240 Å². The molecule has 4 rings (SSSR count). The van der Waals surface area contributed by atoms with Crippen LogP contribution in [0, 0.1) is 0 Å². The van der Waals surface area contributed by atoms with E-state index in [4.69, 9.17) is 37.6 Å². The molecule has 0 aromatic heterocycles. The molecule has 2 fully saturated rings. The van der Waals surface area contributed by atoms with Crippen LogP contribution in [-0.2, 0) is 28.1 Å². The summed E-state index contributed by atoms with van der Waals surface area (Å²) in [5.41, 5.74) is 0.519. The second-order valence-electron chi connectivity index (χ2n) is 12.2. The number of benzene rings is 2. The minimum atomic E-state index is -0.374. The Bertz CT molecular complexity index is 966. The lowest BCUT2D eigenvalue weighted by molar-refractivity contribution is 0.00578. The fourth-order valence-corrected chi connectivity index (χ4v) is 4.16. The zero-order chi connectivity index (χ0) is 29.0. The van der Waals surface area contributed by atoms with E-state index in [2.05, 4.69) is 0 Å². The molecule has 0 spiro atoms. The zero-order valence-electron chi connectivity index (χ0n) is 25.3. The van der Waals surface area contributed by atoms with Crippen molar-refractivity contribution in [1.82, 2.24) is 0 Å². The van der Waals surface area contributed by atoms with Crippen LogP contribution in [-0.4, -0.2) is 76.3 Å². The second kappa shape index (κ2) is 12.4. The molecule has 0 radical (unpaired) electrons. The minimum Gasteiger partial charge on any atom is -0.491 e. The first kappa shape index (κ1) is 30.9. The highest BCUT2D eigenvalue weighted by atomic mass is 16.7. The molecule has 2 aliphatic heterocycles. The lowest BCUT2D eigenvalue weighted by Gasteiger charge is -2.32. The highest BCUT2D eigenvalue weighted by Crippen LogP contribution is 2.37. The summed E-state index contributed by atoms with van der Waals surface area (Å²) in [6, 6.07) is 15.6. The normalized spacial score (nSPS) is 20.6. The van der Waals surface area contributed by atoms with Gasteiger partial charge in [0.1, 0.15) is 24.7 Å². The summed E-state index contributed by atoms with van der Waals surface area (Å²) in [7, 11) is -0.749. The number of hydrogen-bond acceptors (Lipinski definition) is 8. The highest BCUT2D eigenvalue weighted by Gasteiger charge is 2.52. The van der Waals surface area contributed by atoms with Gasteiger partial charge in [0.25, 0.3) is 0 Å². The molecule has 0 amide bonds. The van der Waals surface area contributed by atoms with Gasteiger partial charge >= 0.3 is 14.2 Å². The van der Waals surface area contributed by atoms with Crippen LogP contribution >= 0.6 is 0 Å². The van der Waals surface area contributed by atoms with Crippen LogP contribution in [0.4, 0.5) is 0 Å². The zero-order valence-corrected chi connectivity index (χ0v) is 25.3. The summed E-state index contributed by atoms with van der Waals surface area (Å²) in [4.78, 5) is 0. The van der Waals surface area contributed by atoms with E-state index in [0.717, 1.165) is 22.4 Å². The van der Waals surface area contributed by atoms with Gasteiger partial charge in [-0.25, -0.2) is 0 Å². The molecule has 0 unspecified atom stereocenters. The molecule has 2 aromatic rings. The van der Waals surface area contributed by atoms with Crippen molar-refractivity contribution >= 4 is 25.2 Å². The van der Waals surface area contributed by atoms with Gasteiger partial charge in [0, 0.05) is 0 Å². The largest absolute Gasteiger partial charge is 0.494 e. The van der Waals surface area contributed by atoms with E-state index in [1.165, 1.54) is 0 Å². The molecule has 40 heavy (non-hydrogen) atoms. The molecule has 2 saturated heterocycles. The summed E-state index contributed by atoms with van der Waals surface area (Å²) in [5, 5.41) is 0. The third-order valence-corrected chi connectivity index (χ3v) is 8.18. The first-order chi connectivity index (χ1) is 18.8. The Morgan fingerprint density at radius 1 is 0.450 bits per heavy atom. The average molecular weight is 554 g/mol. The summed E-state index contributed by atoms with van der Waals surface area (Å²) < 4.78 is 47.2. The summed E-state index contributed by atoms with van der Waals surface area (Å²) in [6.07, 6.45) is 0. The monoisotopic (exact) mass is 554 g/mol. The van der Waals surface area contributed by atoms with Crippen molar-refractivity contribution in [1.29, 1.82) is 0 Å². The third kappa shape index (κ3) is 7.41. The molecule has 0 aliphatic carbocycles. The van der Waals surface area contributed by atoms with Gasteiger partial charge in [0.2, 0.25) is 0 Å². The molecule has 2 aromatic carbocycles. The van der Waals surface area contributed by atoms with Crippen molar-refractivity contribution in [2.75, 3.05) is 39.6 Å². The Morgan fingerprint density at radius 2 is 0.725 bits per heavy atom.